The fourth-order valence-electron chi connectivity index (χ4n) is 3.73. The van der Waals surface area contributed by atoms with Crippen LogP contribution in [-0.4, -0.2) is 55.4 Å². The average molecular weight is 476 g/mol. The minimum atomic E-state index is -4.74. The summed E-state index contributed by atoms with van der Waals surface area (Å²) in [5.41, 5.74) is -1.07. The van der Waals surface area contributed by atoms with Crippen molar-refractivity contribution in [3.05, 3.63) is 41.5 Å². The van der Waals surface area contributed by atoms with Gasteiger partial charge in [0.1, 0.15) is 10.7 Å². The first-order valence-electron chi connectivity index (χ1n) is 9.88. The second-order valence-electron chi connectivity index (χ2n) is 8.04. The van der Waals surface area contributed by atoms with Gasteiger partial charge < -0.3 is 14.9 Å². The molecule has 0 radical (unpaired) electrons. The van der Waals surface area contributed by atoms with Gasteiger partial charge in [0.2, 0.25) is 5.95 Å². The number of anilines is 2. The highest BCUT2D eigenvalue weighted by atomic mass is 32.2. The SMILES string of the molecule is CC(C)C1CN(c2ccc(F)c(S(C)(=O)=O)c2)CCN1c1ncc(CO)c(C(F)(F)F)n1. The van der Waals surface area contributed by atoms with Crippen molar-refractivity contribution in [3.63, 3.8) is 0 Å². The summed E-state index contributed by atoms with van der Waals surface area (Å²) in [6.45, 7) is 3.93. The molecule has 1 atom stereocenters. The number of benzene rings is 1. The molecule has 3 rings (SSSR count). The van der Waals surface area contributed by atoms with Gasteiger partial charge in [-0.3, -0.25) is 0 Å². The number of rotatable bonds is 5. The lowest BCUT2D eigenvalue weighted by Gasteiger charge is -2.44. The number of sulfone groups is 1. The second kappa shape index (κ2) is 8.81. The monoisotopic (exact) mass is 476 g/mol. The Hall–Kier alpha value is -2.47. The van der Waals surface area contributed by atoms with Gasteiger partial charge >= 0.3 is 6.18 Å². The van der Waals surface area contributed by atoms with Crippen molar-refractivity contribution in [3.8, 4) is 0 Å². The Morgan fingerprint density at radius 3 is 2.50 bits per heavy atom. The largest absolute Gasteiger partial charge is 0.433 e. The van der Waals surface area contributed by atoms with E-state index in [1.807, 2.05) is 18.7 Å². The number of hydrogen-bond donors (Lipinski definition) is 1. The maximum absolute atomic E-state index is 14.0. The van der Waals surface area contributed by atoms with Gasteiger partial charge in [0.25, 0.3) is 0 Å². The van der Waals surface area contributed by atoms with E-state index in [1.165, 1.54) is 12.1 Å². The van der Waals surface area contributed by atoms with Crippen LogP contribution in [0.4, 0.5) is 29.2 Å². The van der Waals surface area contributed by atoms with Gasteiger partial charge in [0, 0.05) is 43.3 Å². The first-order chi connectivity index (χ1) is 14.8. The molecule has 0 saturated carbocycles. The van der Waals surface area contributed by atoms with Crippen LogP contribution < -0.4 is 9.80 Å². The van der Waals surface area contributed by atoms with E-state index in [0.717, 1.165) is 18.5 Å². The van der Waals surface area contributed by atoms with Crippen molar-refractivity contribution in [1.29, 1.82) is 0 Å². The third kappa shape index (κ3) is 4.96. The predicted octanol–water partition coefficient (Wildman–Crippen LogP) is 2.88. The van der Waals surface area contributed by atoms with Gasteiger partial charge in [-0.1, -0.05) is 13.8 Å². The third-order valence-corrected chi connectivity index (χ3v) is 6.53. The first-order valence-corrected chi connectivity index (χ1v) is 11.8. The predicted molar refractivity (Wildman–Crippen MR) is 111 cm³/mol. The molecule has 1 aliphatic rings. The van der Waals surface area contributed by atoms with E-state index in [0.29, 0.717) is 18.8 Å². The van der Waals surface area contributed by atoms with Crippen LogP contribution in [0.5, 0.6) is 0 Å². The second-order valence-corrected chi connectivity index (χ2v) is 10.0. The van der Waals surface area contributed by atoms with Gasteiger partial charge in [-0.05, 0) is 24.1 Å². The molecule has 0 amide bonds. The molecule has 1 unspecified atom stereocenters. The van der Waals surface area contributed by atoms with E-state index in [1.54, 1.807) is 4.90 Å². The molecule has 7 nitrogen and oxygen atoms in total. The van der Waals surface area contributed by atoms with E-state index in [9.17, 15) is 31.1 Å². The number of aromatic nitrogens is 2. The number of aliphatic hydroxyl groups is 1. The molecule has 0 spiro atoms. The number of nitrogens with zero attached hydrogens (tertiary/aromatic N) is 4. The zero-order valence-electron chi connectivity index (χ0n) is 17.8. The molecular formula is C20H24F4N4O3S. The number of hydrogen-bond acceptors (Lipinski definition) is 7. The number of halogens is 4. The Kier molecular flexibility index (Phi) is 6.66. The van der Waals surface area contributed by atoms with Crippen LogP contribution in [0, 0.1) is 11.7 Å². The van der Waals surface area contributed by atoms with Crippen LogP contribution in [0.3, 0.4) is 0 Å². The third-order valence-electron chi connectivity index (χ3n) is 5.42. The molecule has 0 bridgehead atoms. The summed E-state index contributed by atoms with van der Waals surface area (Å²) in [5.74, 6) is -0.945. The molecule has 2 aromatic rings. The number of piperazine rings is 1. The quantitative estimate of drug-likeness (QED) is 0.664. The van der Waals surface area contributed by atoms with E-state index in [-0.39, 0.29) is 24.5 Å². The summed E-state index contributed by atoms with van der Waals surface area (Å²) in [7, 11) is -3.76. The van der Waals surface area contributed by atoms with Crippen LogP contribution in [0.25, 0.3) is 0 Å². The normalized spacial score (nSPS) is 17.8. The molecule has 12 heteroatoms. The number of aliphatic hydroxyl groups excluding tert-OH is 1. The molecule has 1 N–H and O–H groups in total. The summed E-state index contributed by atoms with van der Waals surface area (Å²) in [6, 6.07) is 3.54. The molecule has 1 aromatic heterocycles. The number of alkyl halides is 3. The highest BCUT2D eigenvalue weighted by molar-refractivity contribution is 7.90. The lowest BCUT2D eigenvalue weighted by Crippen LogP contribution is -2.56. The summed E-state index contributed by atoms with van der Waals surface area (Å²) in [5, 5.41) is 9.21. The molecule has 176 valence electrons. The summed E-state index contributed by atoms with van der Waals surface area (Å²) in [6.07, 6.45) is -2.83. The zero-order chi connectivity index (χ0) is 23.8. The fourth-order valence-corrected chi connectivity index (χ4v) is 4.49. The van der Waals surface area contributed by atoms with Crippen molar-refractivity contribution < 1.29 is 31.1 Å². The van der Waals surface area contributed by atoms with Gasteiger partial charge in [-0.25, -0.2) is 22.8 Å². The summed E-state index contributed by atoms with van der Waals surface area (Å²) >= 11 is 0. The molecule has 1 fully saturated rings. The van der Waals surface area contributed by atoms with Crippen LogP contribution in [0.2, 0.25) is 0 Å². The van der Waals surface area contributed by atoms with Gasteiger partial charge in [-0.2, -0.15) is 13.2 Å². The molecule has 32 heavy (non-hydrogen) atoms. The Labute approximate surface area is 183 Å². The topological polar surface area (TPSA) is 86.6 Å². The Morgan fingerprint density at radius 1 is 1.25 bits per heavy atom. The lowest BCUT2D eigenvalue weighted by atomic mass is 9.99. The van der Waals surface area contributed by atoms with Crippen molar-refractivity contribution in [1.82, 2.24) is 9.97 Å². The highest BCUT2D eigenvalue weighted by Crippen LogP contribution is 2.33. The van der Waals surface area contributed by atoms with Crippen molar-refractivity contribution >= 4 is 21.5 Å². The van der Waals surface area contributed by atoms with Gasteiger partial charge in [-0.15, -0.1) is 0 Å². The molecule has 0 aliphatic carbocycles. The van der Waals surface area contributed by atoms with E-state index in [2.05, 4.69) is 9.97 Å². The van der Waals surface area contributed by atoms with E-state index >= 15 is 0 Å². The summed E-state index contributed by atoms with van der Waals surface area (Å²) < 4.78 is 77.9. The maximum Gasteiger partial charge on any atom is 0.433 e. The molecule has 1 aliphatic heterocycles. The van der Waals surface area contributed by atoms with Crippen LogP contribution in [-0.2, 0) is 22.6 Å². The molecule has 2 heterocycles. The van der Waals surface area contributed by atoms with E-state index < -0.39 is 44.6 Å². The Bertz CT molecular complexity index is 1090. The summed E-state index contributed by atoms with van der Waals surface area (Å²) in [4.78, 5) is 10.9. The Balaban J connectivity index is 1.94. The molecule has 1 saturated heterocycles. The van der Waals surface area contributed by atoms with Crippen LogP contribution >= 0.6 is 0 Å². The molecular weight excluding hydrogens is 452 g/mol. The van der Waals surface area contributed by atoms with Crippen molar-refractivity contribution in [2.24, 2.45) is 5.92 Å². The van der Waals surface area contributed by atoms with Crippen LogP contribution in [0.1, 0.15) is 25.1 Å². The fraction of sp³-hybridized carbons (Fsp3) is 0.500. The van der Waals surface area contributed by atoms with Crippen molar-refractivity contribution in [2.45, 2.75) is 37.6 Å². The lowest BCUT2D eigenvalue weighted by molar-refractivity contribution is -0.142. The van der Waals surface area contributed by atoms with Crippen LogP contribution in [0.15, 0.2) is 29.3 Å². The van der Waals surface area contributed by atoms with E-state index in [4.69, 9.17) is 0 Å². The maximum atomic E-state index is 14.0. The highest BCUT2D eigenvalue weighted by Gasteiger charge is 2.38. The minimum absolute atomic E-state index is 0.0110. The zero-order valence-corrected chi connectivity index (χ0v) is 18.6. The van der Waals surface area contributed by atoms with Gasteiger partial charge in [0.05, 0.1) is 12.6 Å². The Morgan fingerprint density at radius 2 is 1.94 bits per heavy atom. The molecule has 1 aromatic carbocycles. The van der Waals surface area contributed by atoms with Crippen molar-refractivity contribution in [2.75, 3.05) is 35.7 Å². The minimum Gasteiger partial charge on any atom is -0.392 e. The van der Waals surface area contributed by atoms with Gasteiger partial charge in [0.15, 0.2) is 15.5 Å². The smallest absolute Gasteiger partial charge is 0.392 e. The average Bonchev–Trinajstić information content (AvgIpc) is 2.71. The first kappa shape index (κ1) is 24.2. The standard InChI is InChI=1S/C20H24F4N4O3S/c1-12(2)16-10-27(14-4-5-15(21)17(8-14)32(3,30)31)6-7-28(16)19-25-9-13(11-29)18(26-19)20(22,23)24/h4-5,8-9,12,16,29H,6-7,10-11H2,1-3H3.